The number of rotatable bonds is 6. The molecule has 8 aromatic rings. The Labute approximate surface area is 267 Å². The fourth-order valence-electron chi connectivity index (χ4n) is 5.83. The second-order valence-electron chi connectivity index (χ2n) is 11.2. The van der Waals surface area contributed by atoms with E-state index in [1.165, 1.54) is 21.9 Å². The number of nitrogens with zero attached hydrogens (tertiary/aromatic N) is 4. The van der Waals surface area contributed by atoms with Crippen LogP contribution in [-0.4, -0.2) is 19.9 Å². The van der Waals surface area contributed by atoms with Crippen molar-refractivity contribution in [2.75, 3.05) is 0 Å². The van der Waals surface area contributed by atoms with Crippen LogP contribution in [0.4, 0.5) is 0 Å². The van der Waals surface area contributed by atoms with Gasteiger partial charge in [0.25, 0.3) is 0 Å². The molecule has 0 saturated heterocycles. The lowest BCUT2D eigenvalue weighted by Crippen LogP contribution is -2.00. The number of hydrogen-bond acceptors (Lipinski definition) is 4. The van der Waals surface area contributed by atoms with Gasteiger partial charge in [0.15, 0.2) is 17.5 Å². The van der Waals surface area contributed by atoms with Crippen molar-refractivity contribution in [1.82, 2.24) is 19.9 Å². The molecule has 0 aliphatic carbocycles. The molecule has 4 nitrogen and oxygen atoms in total. The lowest BCUT2D eigenvalue weighted by molar-refractivity contribution is 1.07. The summed E-state index contributed by atoms with van der Waals surface area (Å²) in [5, 5.41) is 2.41. The molecular weight excluding hydrogens is 560 g/mol. The van der Waals surface area contributed by atoms with E-state index < -0.39 is 0 Å². The highest BCUT2D eigenvalue weighted by Gasteiger charge is 2.14. The van der Waals surface area contributed by atoms with Gasteiger partial charge in [-0.05, 0) is 62.4 Å². The fraction of sp³-hybridized carbons (Fsp3) is 0. The molecule has 2 aromatic heterocycles. The van der Waals surface area contributed by atoms with Gasteiger partial charge < -0.3 is 0 Å². The second kappa shape index (κ2) is 12.0. The van der Waals surface area contributed by atoms with Crippen molar-refractivity contribution in [3.05, 3.63) is 170 Å². The number of benzene rings is 6. The van der Waals surface area contributed by atoms with Crippen LogP contribution in [-0.2, 0) is 0 Å². The van der Waals surface area contributed by atoms with Crippen LogP contribution in [0.5, 0.6) is 0 Å². The van der Waals surface area contributed by atoms with Crippen molar-refractivity contribution in [2.24, 2.45) is 0 Å². The maximum atomic E-state index is 4.91. The molecule has 0 N–H and O–H groups in total. The molecule has 0 aliphatic heterocycles. The highest BCUT2D eigenvalue weighted by atomic mass is 15.0. The summed E-state index contributed by atoms with van der Waals surface area (Å²) in [4.78, 5) is 19.0. The molecule has 0 fully saturated rings. The number of aromatic nitrogens is 4. The van der Waals surface area contributed by atoms with E-state index in [1.54, 1.807) is 6.20 Å². The molecule has 8 rings (SSSR count). The van der Waals surface area contributed by atoms with Gasteiger partial charge in [0.05, 0.1) is 0 Å². The average molecular weight is 589 g/mol. The number of hydrogen-bond donors (Lipinski definition) is 0. The van der Waals surface area contributed by atoms with Crippen molar-refractivity contribution in [3.8, 4) is 67.5 Å². The van der Waals surface area contributed by atoms with Crippen LogP contribution in [0, 0.1) is 0 Å². The Morgan fingerprint density at radius 1 is 0.304 bits per heavy atom. The molecule has 0 saturated carbocycles. The molecule has 4 heteroatoms. The molecular formula is C42H28N4. The molecule has 0 unspecified atom stereocenters. The summed E-state index contributed by atoms with van der Waals surface area (Å²) in [7, 11) is 0. The minimum atomic E-state index is 0.643. The highest BCUT2D eigenvalue weighted by Crippen LogP contribution is 2.37. The van der Waals surface area contributed by atoms with E-state index in [-0.39, 0.29) is 0 Å². The first-order valence-electron chi connectivity index (χ1n) is 15.3. The minimum Gasteiger partial charge on any atom is -0.264 e. The Bertz CT molecular complexity index is 2210. The van der Waals surface area contributed by atoms with E-state index >= 15 is 0 Å². The summed E-state index contributed by atoms with van der Waals surface area (Å²) in [5.41, 5.74) is 9.73. The van der Waals surface area contributed by atoms with E-state index in [1.807, 2.05) is 72.9 Å². The molecule has 0 bridgehead atoms. The van der Waals surface area contributed by atoms with Crippen LogP contribution in [0.1, 0.15) is 0 Å². The topological polar surface area (TPSA) is 51.6 Å². The van der Waals surface area contributed by atoms with Crippen LogP contribution in [0.25, 0.3) is 78.3 Å². The first-order chi connectivity index (χ1) is 22.8. The maximum Gasteiger partial charge on any atom is 0.164 e. The first-order valence-corrected chi connectivity index (χ1v) is 15.3. The Hall–Kier alpha value is -6.26. The van der Waals surface area contributed by atoms with Crippen molar-refractivity contribution >= 4 is 10.8 Å². The number of pyridine rings is 1. The van der Waals surface area contributed by atoms with Gasteiger partial charge in [-0.15, -0.1) is 0 Å². The lowest BCUT2D eigenvalue weighted by Gasteiger charge is -2.14. The van der Waals surface area contributed by atoms with E-state index in [0.717, 1.165) is 38.9 Å². The molecule has 2 heterocycles. The summed E-state index contributed by atoms with van der Waals surface area (Å²) in [6.07, 6.45) is 3.70. The van der Waals surface area contributed by atoms with Crippen LogP contribution < -0.4 is 0 Å². The smallest absolute Gasteiger partial charge is 0.164 e. The van der Waals surface area contributed by atoms with E-state index in [9.17, 15) is 0 Å². The second-order valence-corrected chi connectivity index (χ2v) is 11.2. The molecule has 0 amide bonds. The van der Waals surface area contributed by atoms with Crippen molar-refractivity contribution < 1.29 is 0 Å². The summed E-state index contributed by atoms with van der Waals surface area (Å²) in [5.74, 6) is 1.95. The van der Waals surface area contributed by atoms with E-state index in [2.05, 4.69) is 96.0 Å². The van der Waals surface area contributed by atoms with Gasteiger partial charge >= 0.3 is 0 Å². The van der Waals surface area contributed by atoms with Crippen LogP contribution in [0.15, 0.2) is 170 Å². The fourth-order valence-corrected chi connectivity index (χ4v) is 5.83. The standard InChI is InChI=1S/C42H28N4/c1-3-10-32(11-4-1)40-44-41(33-12-5-2-6-13-33)46-42(45-40)34-23-21-31(22-24-34)39-27-36-15-8-7-14-35(36)26-38(39)30-19-17-29(18-20-30)37-16-9-25-43-28-37/h1-28H. The number of fused-ring (bicyclic) bond motifs is 1. The molecule has 0 aliphatic rings. The predicted molar refractivity (Wildman–Crippen MR) is 188 cm³/mol. The summed E-state index contributed by atoms with van der Waals surface area (Å²) < 4.78 is 0. The zero-order valence-corrected chi connectivity index (χ0v) is 25.0. The largest absolute Gasteiger partial charge is 0.264 e. The van der Waals surface area contributed by atoms with Crippen molar-refractivity contribution in [3.63, 3.8) is 0 Å². The summed E-state index contributed by atoms with van der Waals surface area (Å²) >= 11 is 0. The Morgan fingerprint density at radius 2 is 0.696 bits per heavy atom. The third kappa shape index (κ3) is 5.44. The average Bonchev–Trinajstić information content (AvgIpc) is 3.15. The van der Waals surface area contributed by atoms with Gasteiger partial charge in [0, 0.05) is 29.1 Å². The van der Waals surface area contributed by atoms with Crippen LogP contribution in [0.2, 0.25) is 0 Å². The molecule has 0 spiro atoms. The summed E-state index contributed by atoms with van der Waals surface area (Å²) in [6.45, 7) is 0. The predicted octanol–water partition coefficient (Wildman–Crippen LogP) is 10.4. The Kier molecular flexibility index (Phi) is 7.14. The third-order valence-corrected chi connectivity index (χ3v) is 8.23. The minimum absolute atomic E-state index is 0.643. The quantitative estimate of drug-likeness (QED) is 0.194. The van der Waals surface area contributed by atoms with Gasteiger partial charge in [-0.3, -0.25) is 4.98 Å². The van der Waals surface area contributed by atoms with Gasteiger partial charge in [-0.25, -0.2) is 15.0 Å². The van der Waals surface area contributed by atoms with Crippen molar-refractivity contribution in [2.45, 2.75) is 0 Å². The van der Waals surface area contributed by atoms with Gasteiger partial charge in [-0.1, -0.05) is 140 Å². The third-order valence-electron chi connectivity index (χ3n) is 8.23. The molecule has 216 valence electrons. The molecule has 0 radical (unpaired) electrons. The van der Waals surface area contributed by atoms with Crippen LogP contribution >= 0.6 is 0 Å². The SMILES string of the molecule is c1ccc(-c2nc(-c3ccccc3)nc(-c3ccc(-c4cc5ccccc5cc4-c4ccc(-c5cccnc5)cc4)cc3)n2)cc1. The van der Waals surface area contributed by atoms with Crippen molar-refractivity contribution in [1.29, 1.82) is 0 Å². The molecule has 6 aromatic carbocycles. The van der Waals surface area contributed by atoms with Gasteiger partial charge in [0.1, 0.15) is 0 Å². The molecule has 0 atom stereocenters. The van der Waals surface area contributed by atoms with Gasteiger partial charge in [0.2, 0.25) is 0 Å². The normalized spacial score (nSPS) is 11.0. The first kappa shape index (κ1) is 27.3. The maximum absolute atomic E-state index is 4.91. The monoisotopic (exact) mass is 588 g/mol. The highest BCUT2D eigenvalue weighted by molar-refractivity contribution is 5.96. The Balaban J connectivity index is 1.21. The van der Waals surface area contributed by atoms with Crippen LogP contribution in [0.3, 0.4) is 0 Å². The lowest BCUT2D eigenvalue weighted by atomic mass is 9.90. The molecule has 46 heavy (non-hydrogen) atoms. The zero-order valence-electron chi connectivity index (χ0n) is 25.0. The van der Waals surface area contributed by atoms with E-state index in [0.29, 0.717) is 17.5 Å². The zero-order chi connectivity index (χ0) is 30.7. The van der Waals surface area contributed by atoms with Gasteiger partial charge in [-0.2, -0.15) is 0 Å². The van der Waals surface area contributed by atoms with E-state index in [4.69, 9.17) is 15.0 Å². The summed E-state index contributed by atoms with van der Waals surface area (Å²) in [6, 6.07) is 54.6. The Morgan fingerprint density at radius 3 is 1.15 bits per heavy atom.